The number of dihydropyridines is 1. The Hall–Kier alpha value is -2.08. The molecule has 0 aliphatic carbocycles. The number of hydrogen-bond acceptors (Lipinski definition) is 5. The summed E-state index contributed by atoms with van der Waals surface area (Å²) in [6, 6.07) is 0. The number of allylic oxidation sites excluding steroid dienone is 2. The van der Waals surface area contributed by atoms with Crippen molar-refractivity contribution in [2.45, 2.75) is 6.17 Å². The largest absolute Gasteiger partial charge is 0.371 e. The molecule has 3 heterocycles. The summed E-state index contributed by atoms with van der Waals surface area (Å²) >= 11 is 5.97. The zero-order chi connectivity index (χ0) is 13.4. The van der Waals surface area contributed by atoms with Gasteiger partial charge >= 0.3 is 0 Å². The van der Waals surface area contributed by atoms with Gasteiger partial charge in [0, 0.05) is 30.6 Å². The fourth-order valence-corrected chi connectivity index (χ4v) is 2.19. The van der Waals surface area contributed by atoms with E-state index in [4.69, 9.17) is 11.6 Å². The molecule has 1 unspecified atom stereocenters. The molecule has 0 aromatic carbocycles. The fraction of sp³-hybridized carbons (Fsp3) is 0.167. The van der Waals surface area contributed by atoms with Gasteiger partial charge in [-0.15, -0.1) is 0 Å². The molecule has 5 nitrogen and oxygen atoms in total. The summed E-state index contributed by atoms with van der Waals surface area (Å²) in [5.74, 6) is 0.128. The van der Waals surface area contributed by atoms with Crippen molar-refractivity contribution in [1.82, 2.24) is 20.6 Å². The molecule has 7 heteroatoms. The molecular weight excluding hydrogens is 269 g/mol. The van der Waals surface area contributed by atoms with E-state index in [0.717, 1.165) is 17.3 Å². The summed E-state index contributed by atoms with van der Waals surface area (Å²) in [5, 5.41) is 9.53. The Morgan fingerprint density at radius 2 is 2.16 bits per heavy atom. The highest BCUT2D eigenvalue weighted by Gasteiger charge is 2.27. The molecule has 3 rings (SSSR count). The monoisotopic (exact) mass is 279 g/mol. The van der Waals surface area contributed by atoms with E-state index in [1.54, 1.807) is 19.4 Å². The van der Waals surface area contributed by atoms with Crippen molar-refractivity contribution in [2.75, 3.05) is 12.4 Å². The Morgan fingerprint density at radius 3 is 2.95 bits per heavy atom. The maximum Gasteiger partial charge on any atom is 0.183 e. The first-order valence-electron chi connectivity index (χ1n) is 5.69. The molecule has 0 fully saturated rings. The molecule has 2 aliphatic rings. The van der Waals surface area contributed by atoms with Crippen LogP contribution < -0.4 is 16.0 Å². The van der Waals surface area contributed by atoms with Gasteiger partial charge in [-0.25, -0.2) is 14.4 Å². The van der Waals surface area contributed by atoms with Crippen LogP contribution in [0.25, 0.3) is 5.57 Å². The number of fused-ring (bicyclic) bond motifs is 1. The first-order chi connectivity index (χ1) is 9.19. The predicted molar refractivity (Wildman–Crippen MR) is 71.6 cm³/mol. The van der Waals surface area contributed by atoms with Gasteiger partial charge in [0.15, 0.2) is 17.5 Å². The minimum atomic E-state index is -0.483. The summed E-state index contributed by atoms with van der Waals surface area (Å²) in [5.41, 5.74) is 1.72. The summed E-state index contributed by atoms with van der Waals surface area (Å²) in [4.78, 5) is 8.17. The van der Waals surface area contributed by atoms with Gasteiger partial charge in [-0.2, -0.15) is 0 Å². The van der Waals surface area contributed by atoms with Crippen molar-refractivity contribution in [3.8, 4) is 0 Å². The van der Waals surface area contributed by atoms with Crippen molar-refractivity contribution in [1.29, 1.82) is 0 Å². The van der Waals surface area contributed by atoms with Gasteiger partial charge in [0.05, 0.1) is 11.2 Å². The molecule has 0 amide bonds. The first-order valence-corrected chi connectivity index (χ1v) is 6.07. The second-order valence-electron chi connectivity index (χ2n) is 4.09. The van der Waals surface area contributed by atoms with Crippen LogP contribution in [-0.4, -0.2) is 23.2 Å². The summed E-state index contributed by atoms with van der Waals surface area (Å²) in [6.07, 6.45) is 6.43. The lowest BCUT2D eigenvalue weighted by Crippen LogP contribution is -2.36. The van der Waals surface area contributed by atoms with Crippen LogP contribution >= 0.6 is 11.6 Å². The van der Waals surface area contributed by atoms with Crippen LogP contribution in [0.5, 0.6) is 0 Å². The van der Waals surface area contributed by atoms with Gasteiger partial charge in [0.2, 0.25) is 0 Å². The van der Waals surface area contributed by atoms with Crippen molar-refractivity contribution in [3.05, 3.63) is 46.9 Å². The Labute approximate surface area is 114 Å². The smallest absolute Gasteiger partial charge is 0.183 e. The van der Waals surface area contributed by atoms with Gasteiger partial charge in [-0.05, 0) is 6.08 Å². The highest BCUT2D eigenvalue weighted by molar-refractivity contribution is 6.31. The molecule has 0 spiro atoms. The second kappa shape index (κ2) is 4.55. The van der Waals surface area contributed by atoms with Crippen molar-refractivity contribution in [2.24, 2.45) is 0 Å². The summed E-state index contributed by atoms with van der Waals surface area (Å²) in [6.45, 7) is 0. The zero-order valence-electron chi connectivity index (χ0n) is 10.0. The number of hydrogen-bond donors (Lipinski definition) is 3. The molecule has 98 valence electrons. The quantitative estimate of drug-likeness (QED) is 0.766. The van der Waals surface area contributed by atoms with E-state index in [1.165, 1.54) is 0 Å². The highest BCUT2D eigenvalue weighted by Crippen LogP contribution is 2.31. The molecule has 3 N–H and O–H groups in total. The number of anilines is 1. The molecule has 1 aromatic heterocycles. The topological polar surface area (TPSA) is 61.9 Å². The summed E-state index contributed by atoms with van der Waals surface area (Å²) < 4.78 is 13.4. The summed E-state index contributed by atoms with van der Waals surface area (Å²) in [7, 11) is 1.61. The Morgan fingerprint density at radius 1 is 1.37 bits per heavy atom. The molecule has 0 saturated carbocycles. The van der Waals surface area contributed by atoms with E-state index in [-0.39, 0.29) is 12.0 Å². The van der Waals surface area contributed by atoms with E-state index < -0.39 is 5.82 Å². The van der Waals surface area contributed by atoms with E-state index in [0.29, 0.717) is 10.9 Å². The predicted octanol–water partition coefficient (Wildman–Crippen LogP) is 1.54. The van der Waals surface area contributed by atoms with Crippen LogP contribution in [0.2, 0.25) is 0 Å². The van der Waals surface area contributed by atoms with Crippen LogP contribution in [0.4, 0.5) is 10.2 Å². The Bertz CT molecular complexity index is 623. The molecule has 0 radical (unpaired) electrons. The van der Waals surface area contributed by atoms with Gasteiger partial charge in [0.25, 0.3) is 0 Å². The molecule has 1 atom stereocenters. The van der Waals surface area contributed by atoms with Crippen LogP contribution in [-0.2, 0) is 0 Å². The molecule has 0 saturated heterocycles. The van der Waals surface area contributed by atoms with Crippen LogP contribution in [0, 0.1) is 5.82 Å². The number of nitrogens with zero attached hydrogens (tertiary/aromatic N) is 2. The molecular formula is C12H11ClFN5. The van der Waals surface area contributed by atoms with E-state index in [9.17, 15) is 4.39 Å². The first kappa shape index (κ1) is 12.0. The zero-order valence-corrected chi connectivity index (χ0v) is 10.8. The lowest BCUT2D eigenvalue weighted by Gasteiger charge is -2.19. The minimum Gasteiger partial charge on any atom is -0.371 e. The van der Waals surface area contributed by atoms with Gasteiger partial charge in [-0.1, -0.05) is 11.6 Å². The number of aromatic nitrogens is 2. The Balaban J connectivity index is 2.01. The maximum absolute atomic E-state index is 13.4. The fourth-order valence-electron chi connectivity index (χ4n) is 2.01. The lowest BCUT2D eigenvalue weighted by molar-refractivity contribution is 0.617. The number of halogens is 2. The SMILES string of the molecule is CNc1nc(C2=CNC3NC=C(Cl)C=C23)ncc1F. The van der Waals surface area contributed by atoms with Gasteiger partial charge in [-0.3, -0.25) is 0 Å². The highest BCUT2D eigenvalue weighted by atomic mass is 35.5. The third-order valence-corrected chi connectivity index (χ3v) is 3.14. The van der Waals surface area contributed by atoms with Crippen LogP contribution in [0.1, 0.15) is 5.82 Å². The molecule has 0 bridgehead atoms. The van der Waals surface area contributed by atoms with E-state index in [2.05, 4.69) is 25.9 Å². The van der Waals surface area contributed by atoms with Gasteiger partial charge in [0.1, 0.15) is 6.17 Å². The average molecular weight is 280 g/mol. The van der Waals surface area contributed by atoms with Crippen LogP contribution in [0.3, 0.4) is 0 Å². The lowest BCUT2D eigenvalue weighted by atomic mass is 10.0. The number of nitrogens with one attached hydrogen (secondary N) is 3. The normalized spacial score (nSPS) is 20.6. The minimum absolute atomic E-state index is 0.0517. The number of rotatable bonds is 2. The van der Waals surface area contributed by atoms with Crippen molar-refractivity contribution in [3.63, 3.8) is 0 Å². The third kappa shape index (κ3) is 2.04. The molecule has 1 aromatic rings. The second-order valence-corrected chi connectivity index (χ2v) is 4.53. The van der Waals surface area contributed by atoms with E-state index in [1.807, 2.05) is 6.08 Å². The third-order valence-electron chi connectivity index (χ3n) is 2.92. The van der Waals surface area contributed by atoms with E-state index >= 15 is 0 Å². The van der Waals surface area contributed by atoms with Crippen LogP contribution in [0.15, 0.2) is 35.3 Å². The molecule has 19 heavy (non-hydrogen) atoms. The maximum atomic E-state index is 13.4. The average Bonchev–Trinajstić information content (AvgIpc) is 2.82. The van der Waals surface area contributed by atoms with Crippen molar-refractivity contribution >= 4 is 23.0 Å². The Kier molecular flexibility index (Phi) is 2.87. The van der Waals surface area contributed by atoms with Gasteiger partial charge < -0.3 is 16.0 Å². The standard InChI is InChI=1S/C12H11ClFN5/c1-15-12-9(14)5-18-11(19-12)8-4-17-10-7(8)2-6(13)3-16-10/h2-5,10,16-17H,1H3,(H,15,18,19). The van der Waals surface area contributed by atoms with Crippen molar-refractivity contribution < 1.29 is 4.39 Å². The molecule has 2 aliphatic heterocycles.